The van der Waals surface area contributed by atoms with E-state index >= 15 is 0 Å². The summed E-state index contributed by atoms with van der Waals surface area (Å²) in [5.74, 6) is 2.78. The van der Waals surface area contributed by atoms with Crippen molar-refractivity contribution in [3.8, 4) is 12.3 Å². The fourth-order valence-corrected chi connectivity index (χ4v) is 2.92. The lowest BCUT2D eigenvalue weighted by Crippen LogP contribution is -2.66. The van der Waals surface area contributed by atoms with Crippen LogP contribution < -0.4 is 5.32 Å². The highest BCUT2D eigenvalue weighted by molar-refractivity contribution is 5.97. The van der Waals surface area contributed by atoms with Gasteiger partial charge in [-0.25, -0.2) is 0 Å². The zero-order chi connectivity index (χ0) is 14.7. The molecule has 2 rings (SSSR count). The monoisotopic (exact) mass is 278 g/mol. The standard InChI is InChI=1S/C15H22N2O3/c1-4-7-20-11-5-6-17-13(9-11)14(18)16-12(15(17)19)8-10(2)3/h1,10-13H,5-9H2,2-3H3,(H,16,18). The predicted molar refractivity (Wildman–Crippen MR) is 74.7 cm³/mol. The summed E-state index contributed by atoms with van der Waals surface area (Å²) in [6.07, 6.45) is 7.10. The molecule has 5 nitrogen and oxygen atoms in total. The van der Waals surface area contributed by atoms with E-state index in [2.05, 4.69) is 11.2 Å². The van der Waals surface area contributed by atoms with Gasteiger partial charge in [0.15, 0.2) is 0 Å². The first-order valence-corrected chi connectivity index (χ1v) is 7.18. The van der Waals surface area contributed by atoms with Crippen molar-refractivity contribution in [1.29, 1.82) is 0 Å². The van der Waals surface area contributed by atoms with Crippen LogP contribution in [0.15, 0.2) is 0 Å². The molecule has 3 atom stereocenters. The van der Waals surface area contributed by atoms with Gasteiger partial charge in [0.25, 0.3) is 0 Å². The summed E-state index contributed by atoms with van der Waals surface area (Å²) in [5.41, 5.74) is 0. The molecule has 0 bridgehead atoms. The molecule has 2 aliphatic rings. The highest BCUT2D eigenvalue weighted by atomic mass is 16.5. The molecule has 0 aromatic rings. The Kier molecular flexibility index (Phi) is 4.66. The Morgan fingerprint density at radius 2 is 2.25 bits per heavy atom. The number of nitrogens with zero attached hydrogens (tertiary/aromatic N) is 1. The van der Waals surface area contributed by atoms with Crippen LogP contribution in [-0.4, -0.2) is 48.1 Å². The highest BCUT2D eigenvalue weighted by Gasteiger charge is 2.43. The number of nitrogens with one attached hydrogen (secondary N) is 1. The minimum Gasteiger partial charge on any atom is -0.365 e. The summed E-state index contributed by atoms with van der Waals surface area (Å²) >= 11 is 0. The van der Waals surface area contributed by atoms with Gasteiger partial charge in [-0.3, -0.25) is 9.59 Å². The van der Waals surface area contributed by atoms with E-state index in [1.54, 1.807) is 4.90 Å². The quantitative estimate of drug-likeness (QED) is 0.764. The molecule has 20 heavy (non-hydrogen) atoms. The molecule has 5 heteroatoms. The van der Waals surface area contributed by atoms with Crippen LogP contribution in [0, 0.1) is 18.3 Å². The number of rotatable bonds is 4. The van der Waals surface area contributed by atoms with E-state index < -0.39 is 6.04 Å². The predicted octanol–water partition coefficient (Wildman–Crippen LogP) is 0.540. The number of fused-ring (bicyclic) bond motifs is 1. The maximum atomic E-state index is 12.4. The van der Waals surface area contributed by atoms with Crippen molar-refractivity contribution in [2.24, 2.45) is 5.92 Å². The van der Waals surface area contributed by atoms with Crippen LogP contribution in [0.2, 0.25) is 0 Å². The summed E-state index contributed by atoms with van der Waals surface area (Å²) in [6, 6.07) is -0.774. The Labute approximate surface area is 120 Å². The highest BCUT2D eigenvalue weighted by Crippen LogP contribution is 2.25. The number of amides is 2. The van der Waals surface area contributed by atoms with Gasteiger partial charge < -0.3 is 15.0 Å². The van der Waals surface area contributed by atoms with Crippen LogP contribution in [0.3, 0.4) is 0 Å². The Morgan fingerprint density at radius 3 is 2.90 bits per heavy atom. The Morgan fingerprint density at radius 1 is 1.50 bits per heavy atom. The van der Waals surface area contributed by atoms with Gasteiger partial charge in [0.2, 0.25) is 11.8 Å². The van der Waals surface area contributed by atoms with Crippen molar-refractivity contribution >= 4 is 11.8 Å². The smallest absolute Gasteiger partial charge is 0.245 e. The SMILES string of the molecule is C#CCOC1CCN2C(=O)C(CC(C)C)NC(=O)C2C1. The first-order valence-electron chi connectivity index (χ1n) is 7.18. The normalized spacial score (nSPS) is 29.9. The van der Waals surface area contributed by atoms with E-state index in [1.807, 2.05) is 13.8 Å². The third kappa shape index (κ3) is 3.13. The first-order chi connectivity index (χ1) is 9.52. The van der Waals surface area contributed by atoms with Gasteiger partial charge in [0.05, 0.1) is 6.10 Å². The number of carbonyl (C=O) groups excluding carboxylic acids is 2. The largest absolute Gasteiger partial charge is 0.365 e. The Hall–Kier alpha value is -1.54. The molecule has 0 aromatic carbocycles. The Balaban J connectivity index is 2.01. The fraction of sp³-hybridized carbons (Fsp3) is 0.733. The summed E-state index contributed by atoms with van der Waals surface area (Å²) in [7, 11) is 0. The zero-order valence-corrected chi connectivity index (χ0v) is 12.1. The van der Waals surface area contributed by atoms with Gasteiger partial charge in [-0.15, -0.1) is 6.42 Å². The maximum Gasteiger partial charge on any atom is 0.245 e. The average molecular weight is 278 g/mol. The van der Waals surface area contributed by atoms with Crippen molar-refractivity contribution in [2.75, 3.05) is 13.2 Å². The number of carbonyl (C=O) groups is 2. The number of ether oxygens (including phenoxy) is 1. The minimum absolute atomic E-state index is 0.0347. The van der Waals surface area contributed by atoms with Gasteiger partial charge in [0.1, 0.15) is 18.7 Å². The van der Waals surface area contributed by atoms with Crippen LogP contribution in [0.1, 0.15) is 33.1 Å². The molecule has 2 aliphatic heterocycles. The molecule has 0 aliphatic carbocycles. The van der Waals surface area contributed by atoms with Crippen LogP contribution in [-0.2, 0) is 14.3 Å². The molecule has 110 valence electrons. The second-order valence-electron chi connectivity index (χ2n) is 5.90. The molecule has 1 N–H and O–H groups in total. The summed E-state index contributed by atoms with van der Waals surface area (Å²) in [5, 5.41) is 2.85. The van der Waals surface area contributed by atoms with Gasteiger partial charge in [-0.1, -0.05) is 19.8 Å². The van der Waals surface area contributed by atoms with Crippen molar-refractivity contribution in [2.45, 2.75) is 51.3 Å². The van der Waals surface area contributed by atoms with E-state index in [0.29, 0.717) is 25.3 Å². The van der Waals surface area contributed by atoms with Crippen molar-refractivity contribution < 1.29 is 14.3 Å². The number of hydrogen-bond donors (Lipinski definition) is 1. The lowest BCUT2D eigenvalue weighted by molar-refractivity contribution is -0.154. The molecule has 0 saturated carbocycles. The number of hydrogen-bond acceptors (Lipinski definition) is 3. The first kappa shape index (κ1) is 14.9. The van der Waals surface area contributed by atoms with Gasteiger partial charge >= 0.3 is 0 Å². The lowest BCUT2D eigenvalue weighted by atomic mass is 9.92. The average Bonchev–Trinajstić information content (AvgIpc) is 2.41. The van der Waals surface area contributed by atoms with E-state index in [9.17, 15) is 9.59 Å². The van der Waals surface area contributed by atoms with Crippen molar-refractivity contribution in [1.82, 2.24) is 10.2 Å². The fourth-order valence-electron chi connectivity index (χ4n) is 2.92. The van der Waals surface area contributed by atoms with Crippen molar-refractivity contribution in [3.63, 3.8) is 0 Å². The van der Waals surface area contributed by atoms with Crippen LogP contribution in [0.5, 0.6) is 0 Å². The van der Waals surface area contributed by atoms with Gasteiger partial charge in [-0.05, 0) is 18.8 Å². The minimum atomic E-state index is -0.401. The molecule has 0 spiro atoms. The molecule has 0 radical (unpaired) electrons. The zero-order valence-electron chi connectivity index (χ0n) is 12.1. The molecule has 2 saturated heterocycles. The molecular weight excluding hydrogens is 256 g/mol. The summed E-state index contributed by atoms with van der Waals surface area (Å²) in [6.45, 7) is 4.92. The van der Waals surface area contributed by atoms with Crippen LogP contribution in [0.25, 0.3) is 0 Å². The van der Waals surface area contributed by atoms with Crippen LogP contribution >= 0.6 is 0 Å². The number of terminal acetylenes is 1. The van der Waals surface area contributed by atoms with Gasteiger partial charge in [-0.2, -0.15) is 0 Å². The van der Waals surface area contributed by atoms with Crippen molar-refractivity contribution in [3.05, 3.63) is 0 Å². The molecule has 0 aromatic heterocycles. The summed E-state index contributed by atoms with van der Waals surface area (Å²) < 4.78 is 5.50. The Bertz CT molecular complexity index is 427. The van der Waals surface area contributed by atoms with Crippen LogP contribution in [0.4, 0.5) is 0 Å². The number of piperidine rings is 1. The molecule has 2 fully saturated rings. The van der Waals surface area contributed by atoms with Gasteiger partial charge in [0, 0.05) is 13.0 Å². The van der Waals surface area contributed by atoms with E-state index in [-0.39, 0.29) is 30.6 Å². The summed E-state index contributed by atoms with van der Waals surface area (Å²) in [4.78, 5) is 26.3. The third-order valence-corrected chi connectivity index (χ3v) is 3.86. The molecular formula is C15H22N2O3. The second-order valence-corrected chi connectivity index (χ2v) is 5.90. The number of piperazine rings is 1. The van der Waals surface area contributed by atoms with E-state index in [0.717, 1.165) is 6.42 Å². The lowest BCUT2D eigenvalue weighted by Gasteiger charge is -2.44. The maximum absolute atomic E-state index is 12.4. The topological polar surface area (TPSA) is 58.6 Å². The van der Waals surface area contributed by atoms with E-state index in [1.165, 1.54) is 0 Å². The van der Waals surface area contributed by atoms with E-state index in [4.69, 9.17) is 11.2 Å². The third-order valence-electron chi connectivity index (χ3n) is 3.86. The second kappa shape index (κ2) is 6.27. The molecule has 2 heterocycles. The molecule has 2 amide bonds. The molecule has 3 unspecified atom stereocenters.